The Labute approximate surface area is 135 Å². The monoisotopic (exact) mass is 324 g/mol. The Balaban J connectivity index is 1.73. The van der Waals surface area contributed by atoms with Crippen LogP contribution in [0.25, 0.3) is 0 Å². The number of aromatic nitrogens is 1. The summed E-state index contributed by atoms with van der Waals surface area (Å²) in [6, 6.07) is 0.0731. The van der Waals surface area contributed by atoms with E-state index in [0.717, 1.165) is 25.7 Å². The molecule has 122 valence electrons. The fourth-order valence-corrected chi connectivity index (χ4v) is 3.17. The number of hydrogen-bond acceptors (Lipinski definition) is 4. The molecule has 0 saturated heterocycles. The maximum Gasteiger partial charge on any atom is 0.321 e. The quantitative estimate of drug-likeness (QED) is 0.674. The highest BCUT2D eigenvalue weighted by atomic mass is 32.1. The maximum absolute atomic E-state index is 11.8. The van der Waals surface area contributed by atoms with E-state index in [1.54, 1.807) is 0 Å². The van der Waals surface area contributed by atoms with Crippen LogP contribution in [0, 0.1) is 0 Å². The van der Waals surface area contributed by atoms with E-state index < -0.39 is 0 Å². The van der Waals surface area contributed by atoms with Gasteiger partial charge in [-0.3, -0.25) is 10.1 Å². The van der Waals surface area contributed by atoms with Gasteiger partial charge in [0.05, 0.1) is 12.1 Å². The predicted molar refractivity (Wildman–Crippen MR) is 88.1 cm³/mol. The summed E-state index contributed by atoms with van der Waals surface area (Å²) in [5.41, 5.74) is 0.690. The number of nitrogens with one attached hydrogen (secondary N) is 3. The van der Waals surface area contributed by atoms with Crippen LogP contribution in [0.3, 0.4) is 0 Å². The Kier molecular flexibility index (Phi) is 6.64. The number of unbranched alkanes of at least 4 members (excludes halogenated alkanes) is 1. The highest BCUT2D eigenvalue weighted by Crippen LogP contribution is 2.19. The Hall–Kier alpha value is -1.63. The second-order valence-electron chi connectivity index (χ2n) is 5.60. The summed E-state index contributed by atoms with van der Waals surface area (Å²) in [6.45, 7) is 2.79. The minimum atomic E-state index is -0.208. The molecule has 22 heavy (non-hydrogen) atoms. The molecule has 0 aromatic carbocycles. The number of amides is 3. The number of nitrogens with zero attached hydrogens (tertiary/aromatic N) is 1. The fourth-order valence-electron chi connectivity index (χ4n) is 2.47. The van der Waals surface area contributed by atoms with Gasteiger partial charge in [-0.1, -0.05) is 26.2 Å². The number of hydrogen-bond donors (Lipinski definition) is 3. The second kappa shape index (κ2) is 8.73. The van der Waals surface area contributed by atoms with Gasteiger partial charge in [0.15, 0.2) is 5.13 Å². The van der Waals surface area contributed by atoms with Gasteiger partial charge in [0.25, 0.3) is 0 Å². The normalized spacial score (nSPS) is 14.8. The van der Waals surface area contributed by atoms with Crippen molar-refractivity contribution in [3.05, 3.63) is 11.1 Å². The van der Waals surface area contributed by atoms with Crippen LogP contribution in [-0.2, 0) is 11.2 Å². The third kappa shape index (κ3) is 5.63. The van der Waals surface area contributed by atoms with Crippen molar-refractivity contribution in [3.8, 4) is 0 Å². The van der Waals surface area contributed by atoms with Gasteiger partial charge < -0.3 is 10.6 Å². The van der Waals surface area contributed by atoms with Crippen molar-refractivity contribution in [2.75, 3.05) is 11.9 Å². The van der Waals surface area contributed by atoms with Gasteiger partial charge in [-0.05, 0) is 19.3 Å². The predicted octanol–water partition coefficient (Wildman–Crippen LogP) is 2.67. The molecule has 0 radical (unpaired) electrons. The van der Waals surface area contributed by atoms with Crippen LogP contribution < -0.4 is 16.0 Å². The zero-order valence-corrected chi connectivity index (χ0v) is 13.8. The first-order valence-electron chi connectivity index (χ1n) is 7.96. The van der Waals surface area contributed by atoms with Crippen molar-refractivity contribution in [2.24, 2.45) is 0 Å². The van der Waals surface area contributed by atoms with Crippen molar-refractivity contribution in [1.82, 2.24) is 15.6 Å². The first kappa shape index (κ1) is 16.7. The molecular weight excluding hydrogens is 300 g/mol. The van der Waals surface area contributed by atoms with Gasteiger partial charge in [0.2, 0.25) is 5.91 Å². The number of carbonyl (C=O) groups is 2. The minimum Gasteiger partial charge on any atom is -0.356 e. The molecule has 3 N–H and O–H groups in total. The topological polar surface area (TPSA) is 83.1 Å². The van der Waals surface area contributed by atoms with Gasteiger partial charge in [-0.25, -0.2) is 9.78 Å². The molecule has 1 fully saturated rings. The van der Waals surface area contributed by atoms with E-state index in [1.165, 1.54) is 24.2 Å². The van der Waals surface area contributed by atoms with E-state index in [4.69, 9.17) is 0 Å². The van der Waals surface area contributed by atoms with Crippen molar-refractivity contribution < 1.29 is 9.59 Å². The Morgan fingerprint density at radius 1 is 1.36 bits per heavy atom. The second-order valence-corrected chi connectivity index (χ2v) is 6.46. The highest BCUT2D eigenvalue weighted by Gasteiger charge is 2.17. The zero-order chi connectivity index (χ0) is 15.8. The molecule has 6 nitrogen and oxygen atoms in total. The highest BCUT2D eigenvalue weighted by molar-refractivity contribution is 7.13. The SMILES string of the molecule is CCCCNC(=O)Cc1csc(NC(=O)NC2CCCC2)n1. The van der Waals surface area contributed by atoms with Crippen LogP contribution in [0.2, 0.25) is 0 Å². The molecule has 3 amide bonds. The number of carbonyl (C=O) groups excluding carboxylic acids is 2. The first-order valence-corrected chi connectivity index (χ1v) is 8.84. The lowest BCUT2D eigenvalue weighted by atomic mass is 10.3. The lowest BCUT2D eigenvalue weighted by Gasteiger charge is -2.11. The van der Waals surface area contributed by atoms with Crippen LogP contribution in [0.15, 0.2) is 5.38 Å². The van der Waals surface area contributed by atoms with Crippen LogP contribution >= 0.6 is 11.3 Å². The van der Waals surface area contributed by atoms with Gasteiger partial charge in [-0.2, -0.15) is 0 Å². The molecule has 1 heterocycles. The molecule has 1 aromatic heterocycles. The molecule has 1 aromatic rings. The van der Waals surface area contributed by atoms with Crippen molar-refractivity contribution in [1.29, 1.82) is 0 Å². The van der Waals surface area contributed by atoms with Gasteiger partial charge in [0.1, 0.15) is 0 Å². The summed E-state index contributed by atoms with van der Waals surface area (Å²) in [4.78, 5) is 27.8. The molecule has 0 unspecified atom stereocenters. The molecule has 2 rings (SSSR count). The zero-order valence-electron chi connectivity index (χ0n) is 13.0. The van der Waals surface area contributed by atoms with Crippen molar-refractivity contribution >= 4 is 28.4 Å². The standard InChI is InChI=1S/C15H24N4O2S/c1-2-3-8-16-13(20)9-12-10-22-15(18-12)19-14(21)17-11-6-4-5-7-11/h10-11H,2-9H2,1H3,(H,16,20)(H2,17,18,19,21). The summed E-state index contributed by atoms with van der Waals surface area (Å²) in [6.07, 6.45) is 6.76. The van der Waals surface area contributed by atoms with Crippen LogP contribution in [0.5, 0.6) is 0 Å². The first-order chi connectivity index (χ1) is 10.7. The third-order valence-corrected chi connectivity index (χ3v) is 4.46. The van der Waals surface area contributed by atoms with E-state index in [-0.39, 0.29) is 24.4 Å². The number of anilines is 1. The number of urea groups is 1. The lowest BCUT2D eigenvalue weighted by Crippen LogP contribution is -2.36. The minimum absolute atomic E-state index is 0.0271. The van der Waals surface area contributed by atoms with E-state index >= 15 is 0 Å². The third-order valence-electron chi connectivity index (χ3n) is 3.66. The average molecular weight is 324 g/mol. The van der Waals surface area contributed by atoms with Crippen LogP contribution in [0.4, 0.5) is 9.93 Å². The number of thiazole rings is 1. The van der Waals surface area contributed by atoms with Gasteiger partial charge in [-0.15, -0.1) is 11.3 Å². The Morgan fingerprint density at radius 2 is 2.14 bits per heavy atom. The fraction of sp³-hybridized carbons (Fsp3) is 0.667. The molecule has 1 aliphatic carbocycles. The van der Waals surface area contributed by atoms with E-state index in [9.17, 15) is 9.59 Å². The van der Waals surface area contributed by atoms with Gasteiger partial charge in [0, 0.05) is 18.0 Å². The maximum atomic E-state index is 11.8. The number of rotatable bonds is 7. The molecule has 0 bridgehead atoms. The molecular formula is C15H24N4O2S. The summed E-state index contributed by atoms with van der Waals surface area (Å²) in [5, 5.41) is 10.9. The smallest absolute Gasteiger partial charge is 0.321 e. The Morgan fingerprint density at radius 3 is 2.86 bits per heavy atom. The van der Waals surface area contributed by atoms with Crippen LogP contribution in [-0.4, -0.2) is 29.5 Å². The van der Waals surface area contributed by atoms with Gasteiger partial charge >= 0.3 is 6.03 Å². The van der Waals surface area contributed by atoms with Crippen molar-refractivity contribution in [2.45, 2.75) is 57.9 Å². The summed E-state index contributed by atoms with van der Waals surface area (Å²) < 4.78 is 0. The van der Waals surface area contributed by atoms with E-state index in [2.05, 4.69) is 27.9 Å². The summed E-state index contributed by atoms with van der Waals surface area (Å²) in [5.74, 6) is -0.0271. The molecule has 0 spiro atoms. The average Bonchev–Trinajstić information content (AvgIpc) is 3.11. The largest absolute Gasteiger partial charge is 0.356 e. The molecule has 1 saturated carbocycles. The molecule has 0 aliphatic heterocycles. The summed E-state index contributed by atoms with van der Waals surface area (Å²) in [7, 11) is 0. The molecule has 7 heteroatoms. The Bertz CT molecular complexity index is 497. The summed E-state index contributed by atoms with van der Waals surface area (Å²) >= 11 is 1.34. The van der Waals surface area contributed by atoms with E-state index in [0.29, 0.717) is 17.4 Å². The molecule has 0 atom stereocenters. The van der Waals surface area contributed by atoms with Crippen molar-refractivity contribution in [3.63, 3.8) is 0 Å². The molecule has 1 aliphatic rings. The van der Waals surface area contributed by atoms with Crippen LogP contribution in [0.1, 0.15) is 51.1 Å². The lowest BCUT2D eigenvalue weighted by molar-refractivity contribution is -0.120. The van der Waals surface area contributed by atoms with E-state index in [1.807, 2.05) is 5.38 Å².